The molecule has 20 heavy (non-hydrogen) atoms. The van der Waals surface area contributed by atoms with Gasteiger partial charge in [0.1, 0.15) is 11.9 Å². The molecule has 0 aromatic heterocycles. The fourth-order valence-corrected chi connectivity index (χ4v) is 2.99. The summed E-state index contributed by atoms with van der Waals surface area (Å²) in [4.78, 5) is 13.2. The largest absolute Gasteiger partial charge is 0.445 e. The minimum absolute atomic E-state index is 0.0214. The van der Waals surface area contributed by atoms with Crippen LogP contribution in [0.2, 0.25) is 0 Å². The normalized spacial score (nSPS) is 19.6. The SMILES string of the molecule is O=C(OCc1ccccc1)N1CCCC(S(=O)(=O)O)C1. The number of hydrogen-bond acceptors (Lipinski definition) is 4. The van der Waals surface area contributed by atoms with Crippen LogP contribution in [0.15, 0.2) is 30.3 Å². The average molecular weight is 299 g/mol. The van der Waals surface area contributed by atoms with Gasteiger partial charge in [-0.15, -0.1) is 0 Å². The van der Waals surface area contributed by atoms with Gasteiger partial charge < -0.3 is 9.64 Å². The Morgan fingerprint density at radius 1 is 1.35 bits per heavy atom. The van der Waals surface area contributed by atoms with Gasteiger partial charge >= 0.3 is 6.09 Å². The molecule has 1 saturated heterocycles. The number of hydrogen-bond donors (Lipinski definition) is 1. The zero-order valence-corrected chi connectivity index (χ0v) is 11.8. The van der Waals surface area contributed by atoms with Gasteiger partial charge in [-0.3, -0.25) is 4.55 Å². The Hall–Kier alpha value is -1.60. The molecule has 1 aromatic rings. The van der Waals surface area contributed by atoms with Crippen molar-refractivity contribution in [3.8, 4) is 0 Å². The van der Waals surface area contributed by atoms with Crippen molar-refractivity contribution in [2.24, 2.45) is 0 Å². The van der Waals surface area contributed by atoms with Gasteiger partial charge in [-0.05, 0) is 18.4 Å². The Morgan fingerprint density at radius 2 is 2.05 bits per heavy atom. The molecule has 1 atom stereocenters. The number of carbonyl (C=O) groups excluding carboxylic acids is 1. The first-order valence-electron chi connectivity index (χ1n) is 6.39. The summed E-state index contributed by atoms with van der Waals surface area (Å²) >= 11 is 0. The summed E-state index contributed by atoms with van der Waals surface area (Å²) in [6.07, 6.45) is 0.342. The molecular formula is C13H17NO5S. The molecule has 0 radical (unpaired) electrons. The standard InChI is InChI=1S/C13H17NO5S/c15-13(19-10-11-5-2-1-3-6-11)14-8-4-7-12(9-14)20(16,17)18/h1-3,5-6,12H,4,7-10H2,(H,16,17,18). The minimum atomic E-state index is -4.11. The molecule has 1 heterocycles. The topological polar surface area (TPSA) is 83.9 Å². The molecule has 1 aromatic carbocycles. The minimum Gasteiger partial charge on any atom is -0.445 e. The van der Waals surface area contributed by atoms with Crippen molar-refractivity contribution in [1.82, 2.24) is 4.90 Å². The molecule has 0 spiro atoms. The summed E-state index contributed by atoms with van der Waals surface area (Å²) in [5, 5.41) is -0.916. The molecule has 0 aliphatic carbocycles. The number of rotatable bonds is 3. The van der Waals surface area contributed by atoms with E-state index in [2.05, 4.69) is 0 Å². The van der Waals surface area contributed by atoms with Crippen LogP contribution in [0.1, 0.15) is 18.4 Å². The third-order valence-corrected chi connectivity index (χ3v) is 4.49. The molecule has 1 amide bonds. The second-order valence-electron chi connectivity index (χ2n) is 4.77. The van der Waals surface area contributed by atoms with E-state index < -0.39 is 21.5 Å². The van der Waals surface area contributed by atoms with E-state index in [9.17, 15) is 13.2 Å². The highest BCUT2D eigenvalue weighted by atomic mass is 32.2. The lowest BCUT2D eigenvalue weighted by Gasteiger charge is -2.30. The number of amides is 1. The van der Waals surface area contributed by atoms with Gasteiger partial charge in [-0.25, -0.2) is 4.79 Å². The van der Waals surface area contributed by atoms with Crippen molar-refractivity contribution >= 4 is 16.2 Å². The molecule has 1 N–H and O–H groups in total. The van der Waals surface area contributed by atoms with E-state index in [0.29, 0.717) is 19.4 Å². The number of benzene rings is 1. The first kappa shape index (κ1) is 14.8. The Balaban J connectivity index is 1.89. The van der Waals surface area contributed by atoms with Gasteiger partial charge in [-0.1, -0.05) is 30.3 Å². The zero-order valence-electron chi connectivity index (χ0n) is 10.9. The predicted molar refractivity (Wildman–Crippen MR) is 72.8 cm³/mol. The van der Waals surface area contributed by atoms with Gasteiger partial charge in [0.15, 0.2) is 0 Å². The second-order valence-corrected chi connectivity index (χ2v) is 6.46. The van der Waals surface area contributed by atoms with E-state index in [1.165, 1.54) is 4.90 Å². The maximum atomic E-state index is 11.9. The molecule has 6 nitrogen and oxygen atoms in total. The lowest BCUT2D eigenvalue weighted by Crippen LogP contribution is -2.45. The van der Waals surface area contributed by atoms with Gasteiger partial charge in [0, 0.05) is 13.1 Å². The molecule has 1 aliphatic rings. The van der Waals surface area contributed by atoms with E-state index >= 15 is 0 Å². The monoisotopic (exact) mass is 299 g/mol. The van der Waals surface area contributed by atoms with Crippen LogP contribution < -0.4 is 0 Å². The fraction of sp³-hybridized carbons (Fsp3) is 0.462. The van der Waals surface area contributed by atoms with Crippen molar-refractivity contribution in [3.63, 3.8) is 0 Å². The molecule has 0 bridgehead atoms. The fourth-order valence-electron chi connectivity index (χ4n) is 2.16. The molecule has 0 saturated carbocycles. The molecule has 7 heteroatoms. The number of nitrogens with zero attached hydrogens (tertiary/aromatic N) is 1. The van der Waals surface area contributed by atoms with Gasteiger partial charge in [-0.2, -0.15) is 8.42 Å². The highest BCUT2D eigenvalue weighted by molar-refractivity contribution is 7.86. The van der Waals surface area contributed by atoms with Crippen LogP contribution in [0.4, 0.5) is 4.79 Å². The first-order chi connectivity index (χ1) is 9.47. The average Bonchev–Trinajstić information content (AvgIpc) is 2.45. The Kier molecular flexibility index (Phi) is 4.61. The lowest BCUT2D eigenvalue weighted by molar-refractivity contribution is 0.0896. The molecule has 110 valence electrons. The van der Waals surface area contributed by atoms with Crippen LogP contribution in [0.3, 0.4) is 0 Å². The quantitative estimate of drug-likeness (QED) is 0.858. The Labute approximate surface area is 118 Å². The van der Waals surface area contributed by atoms with E-state index in [1.54, 1.807) is 0 Å². The van der Waals surface area contributed by atoms with Crippen LogP contribution in [-0.2, 0) is 21.5 Å². The van der Waals surface area contributed by atoms with Crippen LogP contribution in [-0.4, -0.2) is 42.3 Å². The van der Waals surface area contributed by atoms with E-state index in [1.807, 2.05) is 30.3 Å². The summed E-state index contributed by atoms with van der Waals surface area (Å²) in [5.74, 6) is 0. The highest BCUT2D eigenvalue weighted by Crippen LogP contribution is 2.17. The summed E-state index contributed by atoms with van der Waals surface area (Å²) in [7, 11) is -4.11. The lowest BCUT2D eigenvalue weighted by atomic mass is 10.1. The summed E-state index contributed by atoms with van der Waals surface area (Å²) in [5.41, 5.74) is 0.865. The predicted octanol–water partition coefficient (Wildman–Crippen LogP) is 1.68. The van der Waals surface area contributed by atoms with Gasteiger partial charge in [0.2, 0.25) is 0 Å². The summed E-state index contributed by atoms with van der Waals surface area (Å²) in [6.45, 7) is 0.568. The van der Waals surface area contributed by atoms with Crippen LogP contribution in [0.5, 0.6) is 0 Å². The van der Waals surface area contributed by atoms with Crippen molar-refractivity contribution in [1.29, 1.82) is 0 Å². The number of likely N-dealkylation sites (tertiary alicyclic amines) is 1. The maximum absolute atomic E-state index is 11.9. The molecular weight excluding hydrogens is 282 g/mol. The summed E-state index contributed by atoms with van der Waals surface area (Å²) in [6, 6.07) is 9.23. The van der Waals surface area contributed by atoms with E-state index in [-0.39, 0.29) is 13.2 Å². The Bertz CT molecular complexity index is 557. The van der Waals surface area contributed by atoms with Crippen molar-refractivity contribution in [2.75, 3.05) is 13.1 Å². The number of carbonyl (C=O) groups is 1. The van der Waals surface area contributed by atoms with Crippen molar-refractivity contribution in [3.05, 3.63) is 35.9 Å². The molecule has 1 aliphatic heterocycles. The van der Waals surface area contributed by atoms with Gasteiger partial charge in [0.05, 0.1) is 0 Å². The molecule has 1 unspecified atom stereocenters. The molecule has 1 fully saturated rings. The van der Waals surface area contributed by atoms with E-state index in [0.717, 1.165) is 5.56 Å². The van der Waals surface area contributed by atoms with Crippen molar-refractivity contribution in [2.45, 2.75) is 24.7 Å². The van der Waals surface area contributed by atoms with Crippen molar-refractivity contribution < 1.29 is 22.5 Å². The maximum Gasteiger partial charge on any atom is 0.410 e. The highest BCUT2D eigenvalue weighted by Gasteiger charge is 2.32. The summed E-state index contributed by atoms with van der Waals surface area (Å²) < 4.78 is 36.4. The first-order valence-corrected chi connectivity index (χ1v) is 7.89. The number of ether oxygens (including phenoxy) is 1. The van der Waals surface area contributed by atoms with Crippen LogP contribution in [0.25, 0.3) is 0 Å². The van der Waals surface area contributed by atoms with Gasteiger partial charge in [0.25, 0.3) is 10.1 Å². The third-order valence-electron chi connectivity index (χ3n) is 3.26. The smallest absolute Gasteiger partial charge is 0.410 e. The zero-order chi connectivity index (χ0) is 14.6. The van der Waals surface area contributed by atoms with Crippen LogP contribution in [0, 0.1) is 0 Å². The number of piperidine rings is 1. The molecule has 2 rings (SSSR count). The Morgan fingerprint density at radius 3 is 2.70 bits per heavy atom. The van der Waals surface area contributed by atoms with Crippen LogP contribution >= 0.6 is 0 Å². The third kappa shape index (κ3) is 3.94. The second kappa shape index (κ2) is 6.23. The van der Waals surface area contributed by atoms with E-state index in [4.69, 9.17) is 9.29 Å².